The van der Waals surface area contributed by atoms with Crippen LogP contribution in [0.4, 0.5) is 0 Å². The predicted molar refractivity (Wildman–Crippen MR) is 79.3 cm³/mol. The highest BCUT2D eigenvalue weighted by molar-refractivity contribution is 5.95. The van der Waals surface area contributed by atoms with Crippen molar-refractivity contribution < 1.29 is 9.53 Å². The lowest BCUT2D eigenvalue weighted by atomic mass is 10.0. The van der Waals surface area contributed by atoms with Crippen LogP contribution in [0.25, 0.3) is 0 Å². The van der Waals surface area contributed by atoms with Gasteiger partial charge in [-0.1, -0.05) is 12.1 Å². The molecule has 1 atom stereocenters. The molecule has 0 aliphatic carbocycles. The van der Waals surface area contributed by atoms with E-state index in [1.165, 1.54) is 0 Å². The van der Waals surface area contributed by atoms with Gasteiger partial charge in [0.1, 0.15) is 5.75 Å². The van der Waals surface area contributed by atoms with Crippen molar-refractivity contribution in [2.75, 3.05) is 13.7 Å². The van der Waals surface area contributed by atoms with Gasteiger partial charge in [0.25, 0.3) is 5.91 Å². The van der Waals surface area contributed by atoms with E-state index in [-0.39, 0.29) is 11.9 Å². The van der Waals surface area contributed by atoms with E-state index in [0.717, 1.165) is 36.4 Å². The number of ether oxygens (including phenoxy) is 1. The second-order valence-corrected chi connectivity index (χ2v) is 5.34. The molecule has 1 aromatic heterocycles. The summed E-state index contributed by atoms with van der Waals surface area (Å²) >= 11 is 0. The fourth-order valence-corrected chi connectivity index (χ4v) is 2.93. The number of aromatic nitrogens is 2. The highest BCUT2D eigenvalue weighted by Gasteiger charge is 2.31. The summed E-state index contributed by atoms with van der Waals surface area (Å²) in [6.07, 6.45) is 3.61. The van der Waals surface area contributed by atoms with Crippen LogP contribution in [-0.4, -0.2) is 34.7 Å². The maximum absolute atomic E-state index is 12.7. The summed E-state index contributed by atoms with van der Waals surface area (Å²) in [5.41, 5.74) is 2.60. The first-order chi connectivity index (χ1) is 10.2. The minimum Gasteiger partial charge on any atom is -0.497 e. The quantitative estimate of drug-likeness (QED) is 0.943. The first-order valence-electron chi connectivity index (χ1n) is 7.15. The molecular weight excluding hydrogens is 266 g/mol. The number of nitrogens with one attached hydrogen (secondary N) is 1. The molecule has 1 N–H and O–H groups in total. The number of aryl methyl sites for hydroxylation is 1. The molecule has 1 aliphatic heterocycles. The highest BCUT2D eigenvalue weighted by Crippen LogP contribution is 2.34. The molecule has 5 nitrogen and oxygen atoms in total. The minimum atomic E-state index is 0.0477. The van der Waals surface area contributed by atoms with Gasteiger partial charge in [0.2, 0.25) is 0 Å². The standard InChI is InChI=1S/C16H19N3O2/c1-11-14(10-17-18-11)16(20)19-8-4-7-15(19)12-5-3-6-13(9-12)21-2/h3,5-6,9-10,15H,4,7-8H2,1-2H3,(H,17,18). The molecule has 1 unspecified atom stereocenters. The van der Waals surface area contributed by atoms with Crippen LogP contribution in [0, 0.1) is 6.92 Å². The molecule has 3 rings (SSSR count). The fourth-order valence-electron chi connectivity index (χ4n) is 2.93. The number of hydrogen-bond donors (Lipinski definition) is 1. The average molecular weight is 285 g/mol. The Bertz CT molecular complexity index is 650. The third-order valence-electron chi connectivity index (χ3n) is 4.05. The zero-order valence-electron chi connectivity index (χ0n) is 12.3. The van der Waals surface area contributed by atoms with E-state index in [4.69, 9.17) is 4.74 Å². The zero-order valence-corrected chi connectivity index (χ0v) is 12.3. The van der Waals surface area contributed by atoms with E-state index in [2.05, 4.69) is 16.3 Å². The van der Waals surface area contributed by atoms with Crippen LogP contribution < -0.4 is 4.74 Å². The van der Waals surface area contributed by atoms with Crippen molar-refractivity contribution in [3.8, 4) is 5.75 Å². The number of amides is 1. The minimum absolute atomic E-state index is 0.0477. The molecule has 2 aromatic rings. The summed E-state index contributed by atoms with van der Waals surface area (Å²) in [4.78, 5) is 14.6. The number of nitrogens with zero attached hydrogens (tertiary/aromatic N) is 2. The molecule has 0 radical (unpaired) electrons. The monoisotopic (exact) mass is 285 g/mol. The van der Waals surface area contributed by atoms with Crippen molar-refractivity contribution in [3.05, 3.63) is 47.3 Å². The summed E-state index contributed by atoms with van der Waals surface area (Å²) in [6.45, 7) is 2.65. The van der Waals surface area contributed by atoms with Gasteiger partial charge < -0.3 is 9.64 Å². The van der Waals surface area contributed by atoms with Crippen LogP contribution in [0.2, 0.25) is 0 Å². The van der Waals surface area contributed by atoms with Gasteiger partial charge >= 0.3 is 0 Å². The van der Waals surface area contributed by atoms with E-state index in [1.54, 1.807) is 13.3 Å². The Balaban J connectivity index is 1.88. The number of rotatable bonds is 3. The van der Waals surface area contributed by atoms with Crippen LogP contribution >= 0.6 is 0 Å². The fraction of sp³-hybridized carbons (Fsp3) is 0.375. The van der Waals surface area contributed by atoms with Crippen LogP contribution in [-0.2, 0) is 0 Å². The number of carbonyl (C=O) groups excluding carboxylic acids is 1. The van der Waals surface area contributed by atoms with E-state index in [1.807, 2.05) is 30.0 Å². The first kappa shape index (κ1) is 13.7. The Labute approximate surface area is 123 Å². The number of carbonyl (C=O) groups is 1. The van der Waals surface area contributed by atoms with E-state index < -0.39 is 0 Å². The average Bonchev–Trinajstić information content (AvgIpc) is 3.15. The molecule has 0 spiro atoms. The zero-order chi connectivity index (χ0) is 14.8. The Morgan fingerprint density at radius 1 is 1.48 bits per heavy atom. The van der Waals surface area contributed by atoms with Crippen LogP contribution in [0.15, 0.2) is 30.5 Å². The lowest BCUT2D eigenvalue weighted by molar-refractivity contribution is 0.0735. The van der Waals surface area contributed by atoms with Crippen LogP contribution in [0.1, 0.15) is 40.5 Å². The molecule has 1 aliphatic rings. The number of H-pyrrole nitrogens is 1. The van der Waals surface area contributed by atoms with E-state index in [0.29, 0.717) is 5.56 Å². The summed E-state index contributed by atoms with van der Waals surface area (Å²) in [7, 11) is 1.66. The van der Waals surface area contributed by atoms with Crippen molar-refractivity contribution >= 4 is 5.91 Å². The van der Waals surface area contributed by atoms with Crippen molar-refractivity contribution in [2.45, 2.75) is 25.8 Å². The molecule has 0 bridgehead atoms. The Hall–Kier alpha value is -2.30. The smallest absolute Gasteiger partial charge is 0.257 e. The molecule has 2 heterocycles. The molecule has 5 heteroatoms. The van der Waals surface area contributed by atoms with Gasteiger partial charge in [-0.15, -0.1) is 0 Å². The van der Waals surface area contributed by atoms with Crippen LogP contribution in [0.5, 0.6) is 5.75 Å². The van der Waals surface area contributed by atoms with Gasteiger partial charge in [-0.25, -0.2) is 0 Å². The van der Waals surface area contributed by atoms with Crippen molar-refractivity contribution in [2.24, 2.45) is 0 Å². The number of aromatic amines is 1. The summed E-state index contributed by atoms with van der Waals surface area (Å²) in [5, 5.41) is 6.78. The first-order valence-corrected chi connectivity index (χ1v) is 7.15. The van der Waals surface area contributed by atoms with Crippen LogP contribution in [0.3, 0.4) is 0 Å². The van der Waals surface area contributed by atoms with Gasteiger partial charge in [-0.2, -0.15) is 5.10 Å². The van der Waals surface area contributed by atoms with Gasteiger partial charge in [0, 0.05) is 12.2 Å². The van der Waals surface area contributed by atoms with Gasteiger partial charge in [0.05, 0.1) is 24.9 Å². The number of likely N-dealkylation sites (tertiary alicyclic amines) is 1. The topological polar surface area (TPSA) is 58.2 Å². The number of methoxy groups -OCH3 is 1. The van der Waals surface area contributed by atoms with Gasteiger partial charge in [0.15, 0.2) is 0 Å². The summed E-state index contributed by atoms with van der Waals surface area (Å²) in [6, 6.07) is 8.07. The van der Waals surface area contributed by atoms with Crippen molar-refractivity contribution in [1.82, 2.24) is 15.1 Å². The van der Waals surface area contributed by atoms with Crippen molar-refractivity contribution in [3.63, 3.8) is 0 Å². The van der Waals surface area contributed by atoms with E-state index in [9.17, 15) is 4.79 Å². The molecule has 1 saturated heterocycles. The third-order valence-corrected chi connectivity index (χ3v) is 4.05. The molecular formula is C16H19N3O2. The second-order valence-electron chi connectivity index (χ2n) is 5.34. The maximum Gasteiger partial charge on any atom is 0.257 e. The largest absolute Gasteiger partial charge is 0.497 e. The lowest BCUT2D eigenvalue weighted by Gasteiger charge is -2.25. The maximum atomic E-state index is 12.7. The SMILES string of the molecule is COc1cccc(C2CCCN2C(=O)c2cn[nH]c2C)c1. The molecule has 21 heavy (non-hydrogen) atoms. The van der Waals surface area contributed by atoms with E-state index >= 15 is 0 Å². The predicted octanol–water partition coefficient (Wildman–Crippen LogP) is 2.70. The van der Waals surface area contributed by atoms with Gasteiger partial charge in [-0.05, 0) is 37.5 Å². The highest BCUT2D eigenvalue weighted by atomic mass is 16.5. The third kappa shape index (κ3) is 2.51. The van der Waals surface area contributed by atoms with Gasteiger partial charge in [-0.3, -0.25) is 9.89 Å². The summed E-state index contributed by atoms with van der Waals surface area (Å²) in [5.74, 6) is 0.873. The summed E-state index contributed by atoms with van der Waals surface area (Å²) < 4.78 is 5.28. The second kappa shape index (κ2) is 5.60. The molecule has 0 saturated carbocycles. The van der Waals surface area contributed by atoms with Crippen molar-refractivity contribution in [1.29, 1.82) is 0 Å². The lowest BCUT2D eigenvalue weighted by Crippen LogP contribution is -2.30. The number of hydrogen-bond acceptors (Lipinski definition) is 3. The normalized spacial score (nSPS) is 18.0. The molecule has 1 fully saturated rings. The number of benzene rings is 1. The Morgan fingerprint density at radius 3 is 3.05 bits per heavy atom. The Kier molecular flexibility index (Phi) is 3.64. The molecule has 1 aromatic carbocycles. The Morgan fingerprint density at radius 2 is 2.33 bits per heavy atom. The molecule has 110 valence electrons. The molecule has 1 amide bonds.